The first-order valence-electron chi connectivity index (χ1n) is 12.1. The fraction of sp³-hybridized carbons (Fsp3) is 0.385. The van der Waals surface area contributed by atoms with E-state index in [1.54, 1.807) is 26.4 Å². The van der Waals surface area contributed by atoms with E-state index in [-0.39, 0.29) is 24.0 Å². The van der Waals surface area contributed by atoms with Crippen molar-refractivity contribution in [2.24, 2.45) is 0 Å². The minimum absolute atomic E-state index is 0.0356. The summed E-state index contributed by atoms with van der Waals surface area (Å²) in [6, 6.07) is 8.72. The molecule has 3 heterocycles. The number of methoxy groups -OCH3 is 2. The molecule has 1 amide bonds. The lowest BCUT2D eigenvalue weighted by atomic mass is 10.1. The van der Waals surface area contributed by atoms with Gasteiger partial charge in [0, 0.05) is 24.6 Å². The molecule has 3 atom stereocenters. The largest absolute Gasteiger partial charge is 0.383 e. The number of hydrogen-bond donors (Lipinski definition) is 2. The number of nitrogens with zero attached hydrogens (tertiary/aromatic N) is 4. The third-order valence-electron chi connectivity index (χ3n) is 6.75. The Hall–Kier alpha value is -2.98. The van der Waals surface area contributed by atoms with Crippen molar-refractivity contribution in [2.45, 2.75) is 37.9 Å². The quantitative estimate of drug-likeness (QED) is 0.313. The number of likely N-dealkylation sites (tertiary alicyclic amines) is 1. The van der Waals surface area contributed by atoms with Gasteiger partial charge in [-0.15, -0.1) is 0 Å². The summed E-state index contributed by atoms with van der Waals surface area (Å²) in [6.45, 7) is 2.89. The number of fused-ring (bicyclic) bond motifs is 2. The van der Waals surface area contributed by atoms with Gasteiger partial charge in [-0.05, 0) is 50.1 Å². The molecule has 0 spiro atoms. The van der Waals surface area contributed by atoms with E-state index in [0.29, 0.717) is 45.5 Å². The highest BCUT2D eigenvalue weighted by molar-refractivity contribution is 6.35. The highest BCUT2D eigenvalue weighted by atomic mass is 35.5. The van der Waals surface area contributed by atoms with Crippen molar-refractivity contribution < 1.29 is 14.3 Å². The summed E-state index contributed by atoms with van der Waals surface area (Å²) in [5, 5.41) is 5.07. The number of ether oxygens (including phenoxy) is 2. The lowest BCUT2D eigenvalue weighted by molar-refractivity contribution is 0.0420. The standard InChI is InChI=1S/C26H28Cl2N6O3/c1-14(24-32-21-7-4-15(27)8-23(21)33-24)31-25-19-9-20(28)18(10-22(19)29-13-30-25)26(35)34-16(11-36-2)5-6-17(34)12-37-3/h4,7-10,13-14,16-17H,5-6,11-12H2,1-3H3,(H,32,33)(H,29,30,31)/t14?,16-,17-/m1/s1. The van der Waals surface area contributed by atoms with E-state index < -0.39 is 0 Å². The maximum Gasteiger partial charge on any atom is 0.256 e. The van der Waals surface area contributed by atoms with Gasteiger partial charge < -0.3 is 24.7 Å². The summed E-state index contributed by atoms with van der Waals surface area (Å²) in [6.07, 6.45) is 3.16. The summed E-state index contributed by atoms with van der Waals surface area (Å²) >= 11 is 12.8. The molecule has 37 heavy (non-hydrogen) atoms. The normalized spacial score (nSPS) is 18.6. The third-order valence-corrected chi connectivity index (χ3v) is 7.30. The molecular weight excluding hydrogens is 515 g/mol. The van der Waals surface area contributed by atoms with Gasteiger partial charge in [-0.2, -0.15) is 0 Å². The number of amides is 1. The molecule has 0 saturated carbocycles. The molecule has 2 aromatic carbocycles. The van der Waals surface area contributed by atoms with Gasteiger partial charge in [0.05, 0.1) is 58.5 Å². The van der Waals surface area contributed by atoms with Crippen LogP contribution in [0, 0.1) is 0 Å². The number of halogens is 2. The summed E-state index contributed by atoms with van der Waals surface area (Å²) < 4.78 is 10.7. The molecule has 1 saturated heterocycles. The number of nitrogens with one attached hydrogen (secondary N) is 2. The van der Waals surface area contributed by atoms with Crippen LogP contribution in [-0.4, -0.2) is 70.3 Å². The van der Waals surface area contributed by atoms with Crippen molar-refractivity contribution in [3.63, 3.8) is 0 Å². The maximum atomic E-state index is 13.7. The van der Waals surface area contributed by atoms with E-state index >= 15 is 0 Å². The van der Waals surface area contributed by atoms with E-state index in [2.05, 4.69) is 25.3 Å². The zero-order valence-corrected chi connectivity index (χ0v) is 22.3. The minimum atomic E-state index is -0.196. The Balaban J connectivity index is 1.44. The van der Waals surface area contributed by atoms with Crippen LogP contribution < -0.4 is 5.32 Å². The lowest BCUT2D eigenvalue weighted by Crippen LogP contribution is -2.45. The van der Waals surface area contributed by atoms with Gasteiger partial charge in [-0.3, -0.25) is 4.79 Å². The van der Waals surface area contributed by atoms with E-state index in [9.17, 15) is 4.79 Å². The predicted octanol–water partition coefficient (Wildman–Crippen LogP) is 5.25. The van der Waals surface area contributed by atoms with Crippen LogP contribution in [0.5, 0.6) is 0 Å². The zero-order valence-electron chi connectivity index (χ0n) is 20.8. The summed E-state index contributed by atoms with van der Waals surface area (Å²) in [7, 11) is 3.28. The summed E-state index contributed by atoms with van der Waals surface area (Å²) in [5.74, 6) is 1.17. The number of rotatable bonds is 8. The minimum Gasteiger partial charge on any atom is -0.383 e. The van der Waals surface area contributed by atoms with Gasteiger partial charge in [-0.1, -0.05) is 23.2 Å². The molecule has 5 rings (SSSR count). The molecule has 4 aromatic rings. The fourth-order valence-electron chi connectivity index (χ4n) is 4.98. The Labute approximate surface area is 224 Å². The number of imidazole rings is 1. The molecule has 9 nitrogen and oxygen atoms in total. The SMILES string of the molecule is COC[C@H]1CC[C@H](COC)N1C(=O)c1cc2ncnc(NC(C)c3nc4ccc(Cl)cc4[nH]3)c2cc1Cl. The van der Waals surface area contributed by atoms with Crippen LogP contribution in [0.2, 0.25) is 10.0 Å². The number of hydrogen-bond acceptors (Lipinski definition) is 7. The van der Waals surface area contributed by atoms with Gasteiger partial charge in [0.1, 0.15) is 18.0 Å². The second-order valence-corrected chi connectivity index (χ2v) is 10.1. The van der Waals surface area contributed by atoms with Crippen molar-refractivity contribution in [1.82, 2.24) is 24.8 Å². The van der Waals surface area contributed by atoms with Crippen molar-refractivity contribution >= 4 is 56.9 Å². The van der Waals surface area contributed by atoms with Gasteiger partial charge in [0.25, 0.3) is 5.91 Å². The van der Waals surface area contributed by atoms with Gasteiger partial charge in [0.15, 0.2) is 0 Å². The molecule has 1 aliphatic heterocycles. The molecule has 2 aromatic heterocycles. The number of carbonyl (C=O) groups excluding carboxylic acids is 1. The molecule has 0 radical (unpaired) electrons. The molecule has 0 aliphatic carbocycles. The molecule has 1 fully saturated rings. The predicted molar refractivity (Wildman–Crippen MR) is 144 cm³/mol. The third kappa shape index (κ3) is 5.09. The molecule has 0 bridgehead atoms. The Morgan fingerprint density at radius 2 is 1.84 bits per heavy atom. The van der Waals surface area contributed by atoms with Crippen LogP contribution >= 0.6 is 23.2 Å². The molecule has 1 aliphatic rings. The van der Waals surface area contributed by atoms with E-state index in [0.717, 1.165) is 29.7 Å². The van der Waals surface area contributed by atoms with Crippen LogP contribution in [0.3, 0.4) is 0 Å². The van der Waals surface area contributed by atoms with Gasteiger partial charge in [0.2, 0.25) is 0 Å². The topological polar surface area (TPSA) is 105 Å². The molecular formula is C26H28Cl2N6O3. The van der Waals surface area contributed by atoms with E-state index in [1.807, 2.05) is 30.0 Å². The van der Waals surface area contributed by atoms with Gasteiger partial charge >= 0.3 is 0 Å². The second kappa shape index (κ2) is 10.8. The number of H-pyrrole nitrogens is 1. The van der Waals surface area contributed by atoms with E-state index in [1.165, 1.54) is 6.33 Å². The van der Waals surface area contributed by atoms with Crippen molar-refractivity contribution in [3.05, 3.63) is 58.1 Å². The monoisotopic (exact) mass is 542 g/mol. The molecule has 194 valence electrons. The van der Waals surface area contributed by atoms with Gasteiger partial charge in [-0.25, -0.2) is 15.0 Å². The van der Waals surface area contributed by atoms with E-state index in [4.69, 9.17) is 32.7 Å². The number of benzene rings is 2. The van der Waals surface area contributed by atoms with Crippen molar-refractivity contribution in [3.8, 4) is 0 Å². The number of aromatic amines is 1. The van der Waals surface area contributed by atoms with Crippen LogP contribution in [0.4, 0.5) is 5.82 Å². The molecule has 11 heteroatoms. The lowest BCUT2D eigenvalue weighted by Gasteiger charge is -2.30. The highest BCUT2D eigenvalue weighted by Gasteiger charge is 2.38. The zero-order chi connectivity index (χ0) is 26.1. The first-order chi connectivity index (χ1) is 17.9. The number of aromatic nitrogens is 4. The van der Waals surface area contributed by atoms with Crippen LogP contribution in [0.1, 0.15) is 42.0 Å². The number of carbonyl (C=O) groups is 1. The Morgan fingerprint density at radius 1 is 1.11 bits per heavy atom. The molecule has 2 N–H and O–H groups in total. The van der Waals surface area contributed by atoms with Crippen LogP contribution in [-0.2, 0) is 9.47 Å². The Bertz CT molecular complexity index is 1430. The first-order valence-corrected chi connectivity index (χ1v) is 12.8. The summed E-state index contributed by atoms with van der Waals surface area (Å²) in [5.41, 5.74) is 2.69. The Kier molecular flexibility index (Phi) is 7.48. The average Bonchev–Trinajstić information content (AvgIpc) is 3.48. The van der Waals surface area contributed by atoms with Crippen molar-refractivity contribution in [2.75, 3.05) is 32.8 Å². The summed E-state index contributed by atoms with van der Waals surface area (Å²) in [4.78, 5) is 32.3. The first kappa shape index (κ1) is 25.7. The molecule has 1 unspecified atom stereocenters. The van der Waals surface area contributed by atoms with Crippen LogP contribution in [0.15, 0.2) is 36.7 Å². The highest BCUT2D eigenvalue weighted by Crippen LogP contribution is 2.33. The second-order valence-electron chi connectivity index (χ2n) is 9.23. The number of anilines is 1. The van der Waals surface area contributed by atoms with Crippen LogP contribution in [0.25, 0.3) is 21.9 Å². The Morgan fingerprint density at radius 3 is 2.54 bits per heavy atom. The smallest absolute Gasteiger partial charge is 0.256 e. The average molecular weight is 543 g/mol. The van der Waals surface area contributed by atoms with Crippen molar-refractivity contribution in [1.29, 1.82) is 0 Å². The fourth-order valence-corrected chi connectivity index (χ4v) is 5.40. The maximum absolute atomic E-state index is 13.7.